The van der Waals surface area contributed by atoms with E-state index in [2.05, 4.69) is 127 Å². The monoisotopic (exact) mass is 468 g/mol. The molecule has 2 heteroatoms. The Morgan fingerprint density at radius 1 is 0.514 bits per heavy atom. The van der Waals surface area contributed by atoms with E-state index in [4.69, 9.17) is 0 Å². The van der Waals surface area contributed by atoms with Crippen molar-refractivity contribution in [3.05, 3.63) is 133 Å². The van der Waals surface area contributed by atoms with Gasteiger partial charge in [0.1, 0.15) is 5.75 Å². The van der Waals surface area contributed by atoms with Gasteiger partial charge in [-0.05, 0) is 63.9 Å². The summed E-state index contributed by atoms with van der Waals surface area (Å²) in [7, 11) is -0.852. The van der Waals surface area contributed by atoms with Crippen molar-refractivity contribution in [2.45, 2.75) is 6.92 Å². The third-order valence-electron chi connectivity index (χ3n) is 6.64. The Morgan fingerprint density at radius 3 is 1.66 bits per heavy atom. The van der Waals surface area contributed by atoms with Gasteiger partial charge in [0, 0.05) is 11.1 Å². The second kappa shape index (κ2) is 9.02. The van der Waals surface area contributed by atoms with Crippen LogP contribution < -0.4 is 15.9 Å². The van der Waals surface area contributed by atoms with Crippen LogP contribution in [0.1, 0.15) is 5.56 Å². The van der Waals surface area contributed by atoms with Crippen molar-refractivity contribution in [2.24, 2.45) is 0 Å². The van der Waals surface area contributed by atoms with Gasteiger partial charge in [-0.2, -0.15) is 0 Å². The lowest BCUT2D eigenvalue weighted by Crippen LogP contribution is -2.22. The van der Waals surface area contributed by atoms with Gasteiger partial charge in [0.15, 0.2) is 0 Å². The Bertz CT molecular complexity index is 1620. The van der Waals surface area contributed by atoms with Gasteiger partial charge in [-0.25, -0.2) is 0 Å². The molecular weight excluding hydrogens is 443 g/mol. The van der Waals surface area contributed by atoms with Crippen LogP contribution in [0, 0.1) is 6.92 Å². The lowest BCUT2D eigenvalue weighted by molar-refractivity contribution is 0.474. The second-order valence-corrected chi connectivity index (χ2v) is 11.0. The Kier molecular flexibility index (Phi) is 5.57. The van der Waals surface area contributed by atoms with Crippen molar-refractivity contribution in [1.82, 2.24) is 0 Å². The van der Waals surface area contributed by atoms with Crippen molar-refractivity contribution in [2.75, 3.05) is 0 Å². The zero-order valence-electron chi connectivity index (χ0n) is 19.5. The highest BCUT2D eigenvalue weighted by Crippen LogP contribution is 2.46. The van der Waals surface area contributed by atoms with Crippen LogP contribution in [-0.4, -0.2) is 5.11 Å². The number of aromatic hydroxyl groups is 1. The van der Waals surface area contributed by atoms with E-state index in [9.17, 15) is 5.11 Å². The van der Waals surface area contributed by atoms with E-state index in [0.717, 1.165) is 32.8 Å². The first kappa shape index (κ1) is 21.6. The molecule has 0 saturated heterocycles. The van der Waals surface area contributed by atoms with Crippen LogP contribution >= 0.6 is 7.92 Å². The lowest BCUT2D eigenvalue weighted by Gasteiger charge is -2.25. The molecule has 0 unspecified atom stereocenters. The maximum absolute atomic E-state index is 11.6. The Hall–Kier alpha value is -3.93. The molecule has 0 aromatic heterocycles. The highest BCUT2D eigenvalue weighted by Gasteiger charge is 2.25. The summed E-state index contributed by atoms with van der Waals surface area (Å²) < 4.78 is 0. The van der Waals surface area contributed by atoms with Crippen LogP contribution in [0.15, 0.2) is 127 Å². The molecule has 0 bridgehead atoms. The van der Waals surface area contributed by atoms with E-state index in [1.165, 1.54) is 21.3 Å². The summed E-state index contributed by atoms with van der Waals surface area (Å²) >= 11 is 0. The van der Waals surface area contributed by atoms with Gasteiger partial charge in [-0.3, -0.25) is 0 Å². The highest BCUT2D eigenvalue weighted by atomic mass is 31.1. The summed E-state index contributed by atoms with van der Waals surface area (Å²) in [6.45, 7) is 1.99. The molecule has 0 aliphatic heterocycles. The van der Waals surface area contributed by atoms with Crippen molar-refractivity contribution in [1.29, 1.82) is 0 Å². The van der Waals surface area contributed by atoms with Gasteiger partial charge in [0.2, 0.25) is 0 Å². The number of fused-ring (bicyclic) bond motifs is 2. The number of hydrogen-bond donors (Lipinski definition) is 1. The minimum atomic E-state index is -0.852. The first-order chi connectivity index (χ1) is 17.2. The molecule has 0 aliphatic rings. The summed E-state index contributed by atoms with van der Waals surface area (Å²) in [6.07, 6.45) is 0. The molecule has 6 aromatic rings. The topological polar surface area (TPSA) is 20.2 Å². The fourth-order valence-corrected chi connectivity index (χ4v) is 7.49. The molecule has 168 valence electrons. The van der Waals surface area contributed by atoms with Gasteiger partial charge >= 0.3 is 0 Å². The van der Waals surface area contributed by atoms with Crippen LogP contribution in [-0.2, 0) is 0 Å². The van der Waals surface area contributed by atoms with E-state index in [1.54, 1.807) is 0 Å². The fourth-order valence-electron chi connectivity index (χ4n) is 5.02. The zero-order chi connectivity index (χ0) is 23.8. The lowest BCUT2D eigenvalue weighted by atomic mass is 9.91. The van der Waals surface area contributed by atoms with Crippen LogP contribution in [0.25, 0.3) is 32.7 Å². The van der Waals surface area contributed by atoms with Crippen LogP contribution in [0.5, 0.6) is 5.75 Å². The van der Waals surface area contributed by atoms with Crippen LogP contribution in [0.2, 0.25) is 0 Å². The average molecular weight is 469 g/mol. The van der Waals surface area contributed by atoms with E-state index in [-0.39, 0.29) is 0 Å². The third kappa shape index (κ3) is 3.79. The predicted molar refractivity (Wildman–Crippen MR) is 152 cm³/mol. The molecular formula is C33H25OP. The minimum Gasteiger partial charge on any atom is -0.507 e. The maximum atomic E-state index is 11.6. The molecule has 0 atom stereocenters. The van der Waals surface area contributed by atoms with E-state index < -0.39 is 7.92 Å². The predicted octanol–water partition coefficient (Wildman–Crippen LogP) is 7.43. The number of aryl methyl sites for hydroxylation is 1. The zero-order valence-corrected chi connectivity index (χ0v) is 20.4. The van der Waals surface area contributed by atoms with Crippen LogP contribution in [0.4, 0.5) is 0 Å². The van der Waals surface area contributed by atoms with Gasteiger partial charge < -0.3 is 5.11 Å². The average Bonchev–Trinajstić information content (AvgIpc) is 2.91. The molecule has 35 heavy (non-hydrogen) atoms. The van der Waals surface area contributed by atoms with Crippen molar-refractivity contribution in [3.63, 3.8) is 0 Å². The Balaban J connectivity index is 1.78. The van der Waals surface area contributed by atoms with E-state index in [0.29, 0.717) is 5.75 Å². The maximum Gasteiger partial charge on any atom is 0.126 e. The first-order valence-corrected chi connectivity index (χ1v) is 13.2. The van der Waals surface area contributed by atoms with Crippen molar-refractivity contribution < 1.29 is 5.11 Å². The normalized spacial score (nSPS) is 11.4. The largest absolute Gasteiger partial charge is 0.507 e. The fraction of sp³-hybridized carbons (Fsp3) is 0.0303. The quantitative estimate of drug-likeness (QED) is 0.267. The van der Waals surface area contributed by atoms with Gasteiger partial charge in [-0.1, -0.05) is 121 Å². The number of rotatable bonds is 4. The summed E-state index contributed by atoms with van der Waals surface area (Å²) in [5.74, 6) is 0.359. The number of hydrogen-bond acceptors (Lipinski definition) is 1. The molecule has 0 aliphatic carbocycles. The van der Waals surface area contributed by atoms with E-state index in [1.807, 2.05) is 6.92 Å². The van der Waals surface area contributed by atoms with Crippen molar-refractivity contribution >= 4 is 45.4 Å². The molecule has 0 radical (unpaired) electrons. The molecule has 0 saturated carbocycles. The molecule has 6 rings (SSSR count). The third-order valence-corrected chi connectivity index (χ3v) is 9.12. The second-order valence-electron chi connectivity index (χ2n) is 8.83. The summed E-state index contributed by atoms with van der Waals surface area (Å²) in [4.78, 5) is 0. The molecule has 0 fully saturated rings. The first-order valence-electron chi connectivity index (χ1n) is 11.9. The smallest absolute Gasteiger partial charge is 0.126 e. The van der Waals surface area contributed by atoms with Gasteiger partial charge in [0.25, 0.3) is 0 Å². The Morgan fingerprint density at radius 2 is 1.03 bits per heavy atom. The van der Waals surface area contributed by atoms with Gasteiger partial charge in [-0.15, -0.1) is 0 Å². The van der Waals surface area contributed by atoms with Gasteiger partial charge in [0.05, 0.1) is 0 Å². The molecule has 6 aromatic carbocycles. The summed E-state index contributed by atoms with van der Waals surface area (Å²) in [5.41, 5.74) is 2.94. The molecule has 0 amide bonds. The summed E-state index contributed by atoms with van der Waals surface area (Å²) in [6, 6.07) is 45.0. The summed E-state index contributed by atoms with van der Waals surface area (Å²) in [5, 5.41) is 20.0. The number of phenolic OH excluding ortho intramolecular Hbond substituents is 1. The highest BCUT2D eigenvalue weighted by molar-refractivity contribution is 7.80. The molecule has 0 spiro atoms. The molecule has 1 nitrogen and oxygen atoms in total. The van der Waals surface area contributed by atoms with Crippen molar-refractivity contribution in [3.8, 4) is 16.9 Å². The van der Waals surface area contributed by atoms with E-state index >= 15 is 0 Å². The SMILES string of the molecule is Cc1cc2ccccc2c(-c2c(P(c3ccccc3)c3ccccc3)ccc3ccccc23)c1O. The number of benzene rings is 6. The Labute approximate surface area is 207 Å². The standard InChI is InChI=1S/C33H25OP/c1-23-22-25-13-9-11-19-29(25)32(33(23)34)31-28-18-10-8-12-24(28)20-21-30(31)35(26-14-4-2-5-15-26)27-16-6-3-7-17-27/h2-22,34H,1H3. The number of phenols is 1. The van der Waals surface area contributed by atoms with Crippen LogP contribution in [0.3, 0.4) is 0 Å². The minimum absolute atomic E-state index is 0.359. The molecule has 0 heterocycles. The molecule has 1 N–H and O–H groups in total.